The quantitative estimate of drug-likeness (QED) is 0.425. The van der Waals surface area contributed by atoms with Gasteiger partial charge in [-0.05, 0) is 19.1 Å². The van der Waals surface area contributed by atoms with E-state index in [1.807, 2.05) is 38.2 Å². The summed E-state index contributed by atoms with van der Waals surface area (Å²) in [5.74, 6) is 3.07. The molecule has 1 heterocycles. The predicted molar refractivity (Wildman–Crippen MR) is 92.3 cm³/mol. The van der Waals surface area contributed by atoms with Gasteiger partial charge in [0.25, 0.3) is 0 Å². The first-order valence-electron chi connectivity index (χ1n) is 7.84. The van der Waals surface area contributed by atoms with E-state index in [1.165, 1.54) is 6.33 Å². The Balaban J connectivity index is 1.79. The van der Waals surface area contributed by atoms with E-state index in [-0.39, 0.29) is 0 Å². The third kappa shape index (κ3) is 5.45. The van der Waals surface area contributed by atoms with Gasteiger partial charge in [-0.3, -0.25) is 4.68 Å². The molecule has 0 amide bonds. The predicted octanol–water partition coefficient (Wildman–Crippen LogP) is 0.958. The Labute approximate surface area is 141 Å². The second kappa shape index (κ2) is 9.39. The third-order valence-corrected chi connectivity index (χ3v) is 3.23. The summed E-state index contributed by atoms with van der Waals surface area (Å²) in [6.07, 6.45) is 1.52. The second-order valence-corrected chi connectivity index (χ2v) is 4.95. The molecule has 2 aromatic rings. The lowest BCUT2D eigenvalue weighted by molar-refractivity contribution is 0.319. The first kappa shape index (κ1) is 17.6. The number of methoxy groups -OCH3 is 1. The van der Waals surface area contributed by atoms with Crippen LogP contribution in [0.15, 0.2) is 35.6 Å². The van der Waals surface area contributed by atoms with E-state index in [1.54, 1.807) is 11.8 Å². The van der Waals surface area contributed by atoms with Crippen molar-refractivity contribution < 1.29 is 9.47 Å². The van der Waals surface area contributed by atoms with Crippen LogP contribution in [0.4, 0.5) is 0 Å². The highest BCUT2D eigenvalue weighted by atomic mass is 16.5. The summed E-state index contributed by atoms with van der Waals surface area (Å²) in [7, 11) is 3.48. The van der Waals surface area contributed by atoms with E-state index < -0.39 is 0 Å². The highest BCUT2D eigenvalue weighted by Gasteiger charge is 2.02. The molecule has 130 valence electrons. The Morgan fingerprint density at radius 1 is 1.29 bits per heavy atom. The average molecular weight is 332 g/mol. The Kier molecular flexibility index (Phi) is 6.88. The number of guanidine groups is 1. The average Bonchev–Trinajstić information content (AvgIpc) is 3.01. The summed E-state index contributed by atoms with van der Waals surface area (Å²) < 4.78 is 12.6. The van der Waals surface area contributed by atoms with E-state index in [2.05, 4.69) is 25.7 Å². The number of benzene rings is 1. The van der Waals surface area contributed by atoms with Gasteiger partial charge in [-0.2, -0.15) is 5.10 Å². The van der Waals surface area contributed by atoms with Gasteiger partial charge in [-0.25, -0.2) is 9.98 Å². The molecular weight excluding hydrogens is 308 g/mol. The van der Waals surface area contributed by atoms with Gasteiger partial charge in [-0.1, -0.05) is 6.07 Å². The van der Waals surface area contributed by atoms with E-state index in [0.717, 1.165) is 29.8 Å². The van der Waals surface area contributed by atoms with Crippen LogP contribution in [0.3, 0.4) is 0 Å². The molecule has 0 saturated carbocycles. The number of rotatable bonds is 8. The number of nitrogens with zero attached hydrogens (tertiary/aromatic N) is 4. The summed E-state index contributed by atoms with van der Waals surface area (Å²) in [6.45, 7) is 4.40. The molecule has 0 aliphatic heterocycles. The standard InChI is InChI=1S/C16H24N6O2/c1-4-17-16(19-11-15-20-12-21-22(15)2)18-8-9-24-14-7-5-6-13(10-14)23-3/h5-7,10,12H,4,8-9,11H2,1-3H3,(H2,17,18,19). The number of ether oxygens (including phenoxy) is 2. The molecule has 1 aromatic carbocycles. The van der Waals surface area contributed by atoms with Crippen LogP contribution in [0.2, 0.25) is 0 Å². The molecule has 0 spiro atoms. The number of hydrogen-bond donors (Lipinski definition) is 2. The second-order valence-electron chi connectivity index (χ2n) is 4.95. The summed E-state index contributed by atoms with van der Waals surface area (Å²) in [5, 5.41) is 10.4. The lowest BCUT2D eigenvalue weighted by atomic mass is 10.3. The van der Waals surface area contributed by atoms with Crippen LogP contribution in [-0.4, -0.2) is 47.5 Å². The lowest BCUT2D eigenvalue weighted by Gasteiger charge is -2.12. The highest BCUT2D eigenvalue weighted by Crippen LogP contribution is 2.18. The van der Waals surface area contributed by atoms with Crippen LogP contribution in [0.1, 0.15) is 12.7 Å². The maximum Gasteiger partial charge on any atom is 0.191 e. The summed E-state index contributed by atoms with van der Waals surface area (Å²) in [4.78, 5) is 8.64. The molecule has 8 nitrogen and oxygen atoms in total. The van der Waals surface area contributed by atoms with Crippen molar-refractivity contribution in [1.82, 2.24) is 25.4 Å². The van der Waals surface area contributed by atoms with Crippen molar-refractivity contribution in [2.75, 3.05) is 26.8 Å². The van der Waals surface area contributed by atoms with Gasteiger partial charge in [-0.15, -0.1) is 0 Å². The fourth-order valence-electron chi connectivity index (χ4n) is 1.98. The minimum Gasteiger partial charge on any atom is -0.497 e. The van der Waals surface area contributed by atoms with Crippen LogP contribution in [-0.2, 0) is 13.6 Å². The van der Waals surface area contributed by atoms with Crippen LogP contribution < -0.4 is 20.1 Å². The monoisotopic (exact) mass is 332 g/mol. The van der Waals surface area contributed by atoms with Crippen LogP contribution in [0.5, 0.6) is 11.5 Å². The van der Waals surface area contributed by atoms with Crippen molar-refractivity contribution in [3.05, 3.63) is 36.4 Å². The topological polar surface area (TPSA) is 85.6 Å². The molecule has 2 rings (SSSR count). The Bertz CT molecular complexity index is 656. The Morgan fingerprint density at radius 3 is 2.83 bits per heavy atom. The van der Waals surface area contributed by atoms with Gasteiger partial charge in [0.15, 0.2) is 5.96 Å². The third-order valence-electron chi connectivity index (χ3n) is 3.23. The van der Waals surface area contributed by atoms with Crippen molar-refractivity contribution >= 4 is 5.96 Å². The normalized spacial score (nSPS) is 11.2. The molecule has 0 aliphatic rings. The van der Waals surface area contributed by atoms with Crippen molar-refractivity contribution in [3.63, 3.8) is 0 Å². The number of nitrogens with one attached hydrogen (secondary N) is 2. The van der Waals surface area contributed by atoms with Crippen molar-refractivity contribution in [1.29, 1.82) is 0 Å². The Morgan fingerprint density at radius 2 is 2.12 bits per heavy atom. The molecule has 0 radical (unpaired) electrons. The minimum absolute atomic E-state index is 0.461. The summed E-state index contributed by atoms with van der Waals surface area (Å²) in [6, 6.07) is 7.53. The zero-order valence-electron chi connectivity index (χ0n) is 14.3. The smallest absolute Gasteiger partial charge is 0.191 e. The number of aliphatic imine (C=N–C) groups is 1. The van der Waals surface area contributed by atoms with Gasteiger partial charge in [0, 0.05) is 19.7 Å². The number of hydrogen-bond acceptors (Lipinski definition) is 5. The zero-order chi connectivity index (χ0) is 17.2. The van der Waals surface area contributed by atoms with E-state index in [0.29, 0.717) is 19.7 Å². The van der Waals surface area contributed by atoms with E-state index in [4.69, 9.17) is 9.47 Å². The largest absolute Gasteiger partial charge is 0.497 e. The summed E-state index contributed by atoms with van der Waals surface area (Å²) in [5.41, 5.74) is 0. The molecule has 0 unspecified atom stereocenters. The molecule has 1 aromatic heterocycles. The maximum atomic E-state index is 5.69. The number of aromatic nitrogens is 3. The van der Waals surface area contributed by atoms with Crippen molar-refractivity contribution in [3.8, 4) is 11.5 Å². The molecule has 24 heavy (non-hydrogen) atoms. The molecule has 0 fully saturated rings. The SMILES string of the molecule is CCNC(=NCc1ncnn1C)NCCOc1cccc(OC)c1. The Hall–Kier alpha value is -2.77. The van der Waals surface area contributed by atoms with Gasteiger partial charge in [0.2, 0.25) is 0 Å². The van der Waals surface area contributed by atoms with Crippen molar-refractivity contribution in [2.45, 2.75) is 13.5 Å². The van der Waals surface area contributed by atoms with Crippen LogP contribution >= 0.6 is 0 Å². The van der Waals surface area contributed by atoms with Gasteiger partial charge in [0.05, 0.1) is 13.7 Å². The summed E-state index contributed by atoms with van der Waals surface area (Å²) >= 11 is 0. The fraction of sp³-hybridized carbons (Fsp3) is 0.438. The van der Waals surface area contributed by atoms with E-state index in [9.17, 15) is 0 Å². The molecular formula is C16H24N6O2. The molecule has 0 saturated heterocycles. The van der Waals surface area contributed by atoms with Crippen LogP contribution in [0, 0.1) is 0 Å². The van der Waals surface area contributed by atoms with Crippen LogP contribution in [0.25, 0.3) is 0 Å². The fourth-order valence-corrected chi connectivity index (χ4v) is 1.98. The maximum absolute atomic E-state index is 5.69. The lowest BCUT2D eigenvalue weighted by Crippen LogP contribution is -2.39. The first-order chi connectivity index (χ1) is 11.7. The minimum atomic E-state index is 0.461. The molecule has 0 aliphatic carbocycles. The highest BCUT2D eigenvalue weighted by molar-refractivity contribution is 5.79. The molecule has 0 bridgehead atoms. The van der Waals surface area contributed by atoms with Gasteiger partial charge in [0.1, 0.15) is 36.8 Å². The molecule has 8 heteroatoms. The number of aryl methyl sites for hydroxylation is 1. The van der Waals surface area contributed by atoms with Crippen molar-refractivity contribution in [2.24, 2.45) is 12.0 Å². The van der Waals surface area contributed by atoms with Gasteiger partial charge >= 0.3 is 0 Å². The zero-order valence-corrected chi connectivity index (χ0v) is 14.3. The van der Waals surface area contributed by atoms with Gasteiger partial charge < -0.3 is 20.1 Å². The first-order valence-corrected chi connectivity index (χ1v) is 7.84. The molecule has 2 N–H and O–H groups in total. The van der Waals surface area contributed by atoms with E-state index >= 15 is 0 Å². The molecule has 0 atom stereocenters.